The van der Waals surface area contributed by atoms with Gasteiger partial charge in [-0.1, -0.05) is 42.5 Å². The van der Waals surface area contributed by atoms with Crippen LogP contribution in [0.4, 0.5) is 4.39 Å². The Bertz CT molecular complexity index is 1760. The average molecular weight is 537 g/mol. The Balaban J connectivity index is 1.36. The van der Waals surface area contributed by atoms with Gasteiger partial charge in [0.1, 0.15) is 34.9 Å². The van der Waals surface area contributed by atoms with Crippen molar-refractivity contribution in [2.45, 2.75) is 18.8 Å². The smallest absolute Gasteiger partial charge is 0.312 e. The van der Waals surface area contributed by atoms with Crippen LogP contribution in [-0.4, -0.2) is 19.7 Å². The van der Waals surface area contributed by atoms with Crippen molar-refractivity contribution < 1.29 is 27.8 Å². The summed E-state index contributed by atoms with van der Waals surface area (Å²) in [6.45, 7) is 0.430. The van der Waals surface area contributed by atoms with Crippen LogP contribution in [0.15, 0.2) is 100 Å². The molecule has 7 heteroatoms. The summed E-state index contributed by atoms with van der Waals surface area (Å²) >= 11 is 0. The van der Waals surface area contributed by atoms with E-state index >= 15 is 0 Å². The first kappa shape index (κ1) is 25.4. The molecule has 0 bridgehead atoms. The summed E-state index contributed by atoms with van der Waals surface area (Å²) in [5, 5.41) is 0.349. The Kier molecular flexibility index (Phi) is 6.78. The van der Waals surface area contributed by atoms with Crippen molar-refractivity contribution in [3.05, 3.63) is 124 Å². The molecule has 0 radical (unpaired) electrons. The van der Waals surface area contributed by atoms with Crippen LogP contribution in [0.3, 0.4) is 0 Å². The molecule has 1 unspecified atom stereocenters. The lowest BCUT2D eigenvalue weighted by Crippen LogP contribution is -2.22. The van der Waals surface area contributed by atoms with Gasteiger partial charge >= 0.3 is 5.97 Å². The van der Waals surface area contributed by atoms with Gasteiger partial charge in [-0.2, -0.15) is 0 Å². The molecule has 0 N–H and O–H groups in total. The number of methoxy groups -OCH3 is 1. The van der Waals surface area contributed by atoms with Crippen molar-refractivity contribution >= 4 is 16.9 Å². The number of halogens is 1. The quantitative estimate of drug-likeness (QED) is 0.171. The SMILES string of the molecule is COc1ccc(CCOc2ccccc2C2CC(=O)Oc3ccc4c(=O)c(-c5ccc(F)cc5)coc4c32)cc1. The van der Waals surface area contributed by atoms with E-state index < -0.39 is 11.7 Å². The molecular weight excluding hydrogens is 511 g/mol. The number of hydrogen-bond donors (Lipinski definition) is 0. The number of carbonyl (C=O) groups excluding carboxylic acids is 1. The lowest BCUT2D eigenvalue weighted by Gasteiger charge is -2.27. The molecule has 4 aromatic carbocycles. The van der Waals surface area contributed by atoms with Gasteiger partial charge < -0.3 is 18.6 Å². The van der Waals surface area contributed by atoms with Crippen molar-refractivity contribution in [1.29, 1.82) is 0 Å². The zero-order valence-electron chi connectivity index (χ0n) is 21.7. The summed E-state index contributed by atoms with van der Waals surface area (Å²) in [6, 6.07) is 24.3. The fourth-order valence-electron chi connectivity index (χ4n) is 5.12. The molecule has 1 aromatic heterocycles. The lowest BCUT2D eigenvalue weighted by molar-refractivity contribution is -0.135. The minimum atomic E-state index is -0.447. The summed E-state index contributed by atoms with van der Waals surface area (Å²) < 4.78 is 36.5. The average Bonchev–Trinajstić information content (AvgIpc) is 2.98. The molecular formula is C33H25FO6. The zero-order valence-corrected chi connectivity index (χ0v) is 21.7. The molecule has 0 aliphatic carbocycles. The molecule has 1 aliphatic heterocycles. The molecule has 0 saturated carbocycles. The number of esters is 1. The maximum Gasteiger partial charge on any atom is 0.312 e. The van der Waals surface area contributed by atoms with Crippen molar-refractivity contribution in [2.24, 2.45) is 0 Å². The van der Waals surface area contributed by atoms with Crippen molar-refractivity contribution in [3.63, 3.8) is 0 Å². The predicted molar refractivity (Wildman–Crippen MR) is 149 cm³/mol. The monoisotopic (exact) mass is 536 g/mol. The van der Waals surface area contributed by atoms with Gasteiger partial charge in [-0.25, -0.2) is 4.39 Å². The second-order valence-electron chi connectivity index (χ2n) is 9.55. The van der Waals surface area contributed by atoms with Gasteiger partial charge in [0.2, 0.25) is 5.43 Å². The van der Waals surface area contributed by atoms with Crippen LogP contribution in [0.2, 0.25) is 0 Å². The van der Waals surface area contributed by atoms with Gasteiger partial charge in [0.25, 0.3) is 0 Å². The summed E-state index contributed by atoms with van der Waals surface area (Å²) in [6.07, 6.45) is 2.13. The van der Waals surface area contributed by atoms with Crippen LogP contribution in [-0.2, 0) is 11.2 Å². The lowest BCUT2D eigenvalue weighted by atomic mass is 9.84. The topological polar surface area (TPSA) is 75.0 Å². The standard InChI is InChI=1S/C33H25FO6/c1-37-23-12-6-20(7-13-23)16-17-38-28-5-3-2-4-24(28)26-18-30(35)40-29-15-14-25-32(36)27(19-39-33(25)31(26)29)21-8-10-22(34)11-9-21/h2-15,19,26H,16-18H2,1H3. The van der Waals surface area contributed by atoms with Crippen LogP contribution in [0.5, 0.6) is 17.2 Å². The molecule has 0 fully saturated rings. The molecule has 6 nitrogen and oxygen atoms in total. The van der Waals surface area contributed by atoms with Crippen LogP contribution < -0.4 is 19.6 Å². The van der Waals surface area contributed by atoms with Gasteiger partial charge in [0.15, 0.2) is 0 Å². The third-order valence-electron chi connectivity index (χ3n) is 7.14. The van der Waals surface area contributed by atoms with Crippen molar-refractivity contribution in [1.82, 2.24) is 0 Å². The zero-order chi connectivity index (χ0) is 27.6. The largest absolute Gasteiger partial charge is 0.497 e. The molecule has 1 aliphatic rings. The van der Waals surface area contributed by atoms with Crippen LogP contribution in [0, 0.1) is 5.82 Å². The van der Waals surface area contributed by atoms with E-state index in [0.29, 0.717) is 52.2 Å². The second-order valence-corrected chi connectivity index (χ2v) is 9.55. The van der Waals surface area contributed by atoms with Crippen LogP contribution in [0.1, 0.15) is 29.0 Å². The normalized spacial score (nSPS) is 14.4. The Labute approximate surface area is 229 Å². The van der Waals surface area contributed by atoms with E-state index in [-0.39, 0.29) is 17.8 Å². The fourth-order valence-corrected chi connectivity index (χ4v) is 5.12. The molecule has 5 aromatic rings. The highest BCUT2D eigenvalue weighted by molar-refractivity contribution is 5.90. The summed E-state index contributed by atoms with van der Waals surface area (Å²) in [5.41, 5.74) is 3.48. The molecule has 200 valence electrons. The molecule has 0 saturated heterocycles. The first-order chi connectivity index (χ1) is 19.5. The van der Waals surface area contributed by atoms with E-state index in [0.717, 1.165) is 16.9 Å². The van der Waals surface area contributed by atoms with E-state index in [1.165, 1.54) is 30.5 Å². The molecule has 1 atom stereocenters. The predicted octanol–water partition coefficient (Wildman–Crippen LogP) is 6.67. The summed E-state index contributed by atoms with van der Waals surface area (Å²) in [4.78, 5) is 26.1. The van der Waals surface area contributed by atoms with Gasteiger partial charge in [-0.3, -0.25) is 9.59 Å². The summed E-state index contributed by atoms with van der Waals surface area (Å²) in [7, 11) is 1.63. The Morgan fingerprint density at radius 1 is 0.925 bits per heavy atom. The molecule has 2 heterocycles. The van der Waals surface area contributed by atoms with E-state index in [1.54, 1.807) is 19.2 Å². The Morgan fingerprint density at radius 2 is 1.70 bits per heavy atom. The Hall–Kier alpha value is -4.91. The third kappa shape index (κ3) is 4.82. The summed E-state index contributed by atoms with van der Waals surface area (Å²) in [5.74, 6) is 0.564. The minimum Gasteiger partial charge on any atom is -0.497 e. The highest BCUT2D eigenvalue weighted by Gasteiger charge is 2.33. The Morgan fingerprint density at radius 3 is 2.48 bits per heavy atom. The van der Waals surface area contributed by atoms with Gasteiger partial charge in [0, 0.05) is 23.5 Å². The molecule has 0 amide bonds. The van der Waals surface area contributed by atoms with Crippen molar-refractivity contribution in [3.8, 4) is 28.4 Å². The minimum absolute atomic E-state index is 0.0639. The maximum atomic E-state index is 13.5. The van der Waals surface area contributed by atoms with Gasteiger partial charge in [0.05, 0.1) is 31.1 Å². The van der Waals surface area contributed by atoms with Crippen LogP contribution >= 0.6 is 0 Å². The van der Waals surface area contributed by atoms with E-state index in [9.17, 15) is 14.0 Å². The third-order valence-corrected chi connectivity index (χ3v) is 7.14. The second kappa shape index (κ2) is 10.7. The number of fused-ring (bicyclic) bond motifs is 3. The fraction of sp³-hybridized carbons (Fsp3) is 0.152. The number of para-hydroxylation sites is 1. The van der Waals surface area contributed by atoms with Gasteiger partial charge in [-0.15, -0.1) is 0 Å². The van der Waals surface area contributed by atoms with Crippen LogP contribution in [0.25, 0.3) is 22.1 Å². The highest BCUT2D eigenvalue weighted by atomic mass is 19.1. The van der Waals surface area contributed by atoms with Gasteiger partial charge in [-0.05, 0) is 53.6 Å². The van der Waals surface area contributed by atoms with E-state index in [4.69, 9.17) is 18.6 Å². The first-order valence-electron chi connectivity index (χ1n) is 12.9. The maximum absolute atomic E-state index is 13.5. The highest BCUT2D eigenvalue weighted by Crippen LogP contribution is 2.45. The van der Waals surface area contributed by atoms with E-state index in [2.05, 4.69) is 0 Å². The molecule has 6 rings (SSSR count). The molecule has 40 heavy (non-hydrogen) atoms. The number of carbonyl (C=O) groups is 1. The van der Waals surface area contributed by atoms with E-state index in [1.807, 2.05) is 48.5 Å². The number of rotatable bonds is 7. The van der Waals surface area contributed by atoms with Crippen molar-refractivity contribution in [2.75, 3.05) is 13.7 Å². The first-order valence-corrected chi connectivity index (χ1v) is 12.9. The number of benzene rings is 4. The number of hydrogen-bond acceptors (Lipinski definition) is 6. The number of ether oxygens (including phenoxy) is 3. The molecule has 0 spiro atoms.